The van der Waals surface area contributed by atoms with Gasteiger partial charge in [0.1, 0.15) is 0 Å². The van der Waals surface area contributed by atoms with Crippen molar-refractivity contribution in [2.24, 2.45) is 0 Å². The molecule has 2 N–H and O–H groups in total. The standard InChI is InChI=1S/C16H24N2O2/c1-2-20-16(19)13-8-9-15(14(17)12-13)18-10-6-4-3-5-7-11-18/h8-9,12H,2-7,10-11,17H2,1H3. The summed E-state index contributed by atoms with van der Waals surface area (Å²) < 4.78 is 5.00. The first-order chi connectivity index (χ1) is 9.72. The van der Waals surface area contributed by atoms with Crippen LogP contribution >= 0.6 is 0 Å². The molecular formula is C16H24N2O2. The minimum atomic E-state index is -0.307. The van der Waals surface area contributed by atoms with E-state index in [9.17, 15) is 4.79 Å². The predicted molar refractivity (Wildman–Crippen MR) is 82.1 cm³/mol. The maximum absolute atomic E-state index is 11.7. The van der Waals surface area contributed by atoms with Gasteiger partial charge >= 0.3 is 5.97 Å². The van der Waals surface area contributed by atoms with Crippen molar-refractivity contribution in [3.05, 3.63) is 23.8 Å². The van der Waals surface area contributed by atoms with Crippen molar-refractivity contribution in [2.45, 2.75) is 39.0 Å². The highest BCUT2D eigenvalue weighted by molar-refractivity contribution is 5.92. The lowest BCUT2D eigenvalue weighted by Gasteiger charge is -2.28. The zero-order valence-electron chi connectivity index (χ0n) is 12.2. The van der Waals surface area contributed by atoms with Gasteiger partial charge in [0.15, 0.2) is 0 Å². The number of nitrogen functional groups attached to an aromatic ring is 1. The van der Waals surface area contributed by atoms with E-state index in [1.807, 2.05) is 12.1 Å². The molecule has 1 heterocycles. The fourth-order valence-corrected chi connectivity index (χ4v) is 2.67. The third-order valence-corrected chi connectivity index (χ3v) is 3.74. The number of ether oxygens (including phenoxy) is 1. The summed E-state index contributed by atoms with van der Waals surface area (Å²) in [6.07, 6.45) is 6.33. The average molecular weight is 276 g/mol. The molecule has 1 saturated heterocycles. The molecule has 20 heavy (non-hydrogen) atoms. The minimum absolute atomic E-state index is 0.307. The molecule has 1 fully saturated rings. The monoisotopic (exact) mass is 276 g/mol. The second-order valence-corrected chi connectivity index (χ2v) is 5.25. The van der Waals surface area contributed by atoms with E-state index in [0.717, 1.165) is 18.8 Å². The van der Waals surface area contributed by atoms with Gasteiger partial charge in [-0.25, -0.2) is 4.79 Å². The van der Waals surface area contributed by atoms with Crippen LogP contribution in [-0.2, 0) is 4.74 Å². The van der Waals surface area contributed by atoms with Crippen molar-refractivity contribution >= 4 is 17.3 Å². The lowest BCUT2D eigenvalue weighted by Crippen LogP contribution is -2.27. The van der Waals surface area contributed by atoms with Crippen molar-refractivity contribution < 1.29 is 9.53 Å². The summed E-state index contributed by atoms with van der Waals surface area (Å²) in [7, 11) is 0. The van der Waals surface area contributed by atoms with E-state index >= 15 is 0 Å². The Morgan fingerprint density at radius 2 is 1.85 bits per heavy atom. The Kier molecular flexibility index (Phi) is 5.27. The van der Waals surface area contributed by atoms with Gasteiger partial charge in [0.05, 0.1) is 23.5 Å². The number of anilines is 2. The second-order valence-electron chi connectivity index (χ2n) is 5.25. The molecule has 0 unspecified atom stereocenters. The highest BCUT2D eigenvalue weighted by atomic mass is 16.5. The van der Waals surface area contributed by atoms with Gasteiger partial charge in [-0.15, -0.1) is 0 Å². The molecule has 0 amide bonds. The largest absolute Gasteiger partial charge is 0.462 e. The molecule has 0 spiro atoms. The first-order valence-electron chi connectivity index (χ1n) is 7.54. The Hall–Kier alpha value is -1.71. The summed E-state index contributed by atoms with van der Waals surface area (Å²) in [5.74, 6) is -0.307. The Morgan fingerprint density at radius 3 is 2.45 bits per heavy atom. The Balaban J connectivity index is 2.13. The molecule has 2 rings (SSSR count). The van der Waals surface area contributed by atoms with Gasteiger partial charge in [-0.2, -0.15) is 0 Å². The van der Waals surface area contributed by atoms with Crippen LogP contribution in [0.5, 0.6) is 0 Å². The molecule has 0 saturated carbocycles. The SMILES string of the molecule is CCOC(=O)c1ccc(N2CCCCCCC2)c(N)c1. The number of esters is 1. The Labute approximate surface area is 120 Å². The van der Waals surface area contributed by atoms with E-state index in [1.54, 1.807) is 13.0 Å². The molecule has 1 aromatic carbocycles. The molecule has 1 aromatic rings. The molecule has 0 aliphatic carbocycles. The summed E-state index contributed by atoms with van der Waals surface area (Å²) in [5.41, 5.74) is 8.36. The van der Waals surface area contributed by atoms with Gasteiger partial charge in [-0.05, 0) is 38.0 Å². The van der Waals surface area contributed by atoms with Crippen LogP contribution in [0.2, 0.25) is 0 Å². The second kappa shape index (κ2) is 7.17. The van der Waals surface area contributed by atoms with Crippen LogP contribution in [0.25, 0.3) is 0 Å². The lowest BCUT2D eigenvalue weighted by molar-refractivity contribution is 0.0526. The zero-order chi connectivity index (χ0) is 14.4. The number of carbonyl (C=O) groups excluding carboxylic acids is 1. The topological polar surface area (TPSA) is 55.6 Å². The average Bonchev–Trinajstić information content (AvgIpc) is 2.39. The normalized spacial score (nSPS) is 16.4. The number of hydrogen-bond acceptors (Lipinski definition) is 4. The van der Waals surface area contributed by atoms with Crippen LogP contribution in [0.4, 0.5) is 11.4 Å². The van der Waals surface area contributed by atoms with Gasteiger partial charge in [-0.1, -0.05) is 19.3 Å². The Bertz CT molecular complexity index is 452. The fraction of sp³-hybridized carbons (Fsp3) is 0.562. The van der Waals surface area contributed by atoms with Gasteiger partial charge in [0.25, 0.3) is 0 Å². The van der Waals surface area contributed by atoms with E-state index in [0.29, 0.717) is 17.9 Å². The maximum Gasteiger partial charge on any atom is 0.338 e. The molecule has 4 heteroatoms. The number of benzene rings is 1. The van der Waals surface area contributed by atoms with Crippen LogP contribution in [0.15, 0.2) is 18.2 Å². The number of rotatable bonds is 3. The molecule has 0 aromatic heterocycles. The number of carbonyl (C=O) groups is 1. The molecule has 1 aliphatic heterocycles. The summed E-state index contributed by atoms with van der Waals surface area (Å²) in [6, 6.07) is 5.48. The first kappa shape index (κ1) is 14.7. The van der Waals surface area contributed by atoms with Gasteiger partial charge in [0.2, 0.25) is 0 Å². The Morgan fingerprint density at radius 1 is 1.20 bits per heavy atom. The molecule has 0 atom stereocenters. The molecule has 0 radical (unpaired) electrons. The number of nitrogens with zero attached hydrogens (tertiary/aromatic N) is 1. The highest BCUT2D eigenvalue weighted by Gasteiger charge is 2.14. The van der Waals surface area contributed by atoms with Crippen LogP contribution in [-0.4, -0.2) is 25.7 Å². The van der Waals surface area contributed by atoms with Gasteiger partial charge in [-0.3, -0.25) is 0 Å². The minimum Gasteiger partial charge on any atom is -0.462 e. The van der Waals surface area contributed by atoms with Crippen molar-refractivity contribution in [1.29, 1.82) is 0 Å². The smallest absolute Gasteiger partial charge is 0.338 e. The van der Waals surface area contributed by atoms with Crippen molar-refractivity contribution in [3.8, 4) is 0 Å². The van der Waals surface area contributed by atoms with E-state index < -0.39 is 0 Å². The van der Waals surface area contributed by atoms with Crippen LogP contribution in [0.1, 0.15) is 49.4 Å². The van der Waals surface area contributed by atoms with Crippen LogP contribution < -0.4 is 10.6 Å². The first-order valence-corrected chi connectivity index (χ1v) is 7.54. The molecule has 4 nitrogen and oxygen atoms in total. The third kappa shape index (κ3) is 3.65. The van der Waals surface area contributed by atoms with E-state index in [-0.39, 0.29) is 5.97 Å². The predicted octanol–water partition coefficient (Wildman–Crippen LogP) is 3.22. The van der Waals surface area contributed by atoms with Crippen molar-refractivity contribution in [3.63, 3.8) is 0 Å². The van der Waals surface area contributed by atoms with E-state index in [2.05, 4.69) is 4.90 Å². The number of nitrogens with two attached hydrogens (primary N) is 1. The summed E-state index contributed by atoms with van der Waals surface area (Å²) in [5, 5.41) is 0. The third-order valence-electron chi connectivity index (χ3n) is 3.74. The lowest BCUT2D eigenvalue weighted by atomic mass is 10.1. The van der Waals surface area contributed by atoms with Crippen molar-refractivity contribution in [2.75, 3.05) is 30.3 Å². The quantitative estimate of drug-likeness (QED) is 0.680. The van der Waals surface area contributed by atoms with Gasteiger partial charge in [0, 0.05) is 13.1 Å². The van der Waals surface area contributed by atoms with Crippen LogP contribution in [0, 0.1) is 0 Å². The molecule has 0 bridgehead atoms. The zero-order valence-corrected chi connectivity index (χ0v) is 12.2. The van der Waals surface area contributed by atoms with Crippen molar-refractivity contribution in [1.82, 2.24) is 0 Å². The number of hydrogen-bond donors (Lipinski definition) is 1. The fourth-order valence-electron chi connectivity index (χ4n) is 2.67. The van der Waals surface area contributed by atoms with E-state index in [4.69, 9.17) is 10.5 Å². The maximum atomic E-state index is 11.7. The molecule has 1 aliphatic rings. The summed E-state index contributed by atoms with van der Waals surface area (Å²) >= 11 is 0. The van der Waals surface area contributed by atoms with E-state index in [1.165, 1.54) is 32.1 Å². The highest BCUT2D eigenvalue weighted by Crippen LogP contribution is 2.27. The summed E-state index contributed by atoms with van der Waals surface area (Å²) in [6.45, 7) is 4.27. The van der Waals surface area contributed by atoms with Gasteiger partial charge < -0.3 is 15.4 Å². The summed E-state index contributed by atoms with van der Waals surface area (Å²) in [4.78, 5) is 14.0. The molecule has 110 valence electrons. The molecular weight excluding hydrogens is 252 g/mol. The van der Waals surface area contributed by atoms with Crippen LogP contribution in [0.3, 0.4) is 0 Å².